The molecule has 6 heteroatoms. The fourth-order valence-corrected chi connectivity index (χ4v) is 0.999. The van der Waals surface area contributed by atoms with Gasteiger partial charge in [0.25, 0.3) is 0 Å². The van der Waals surface area contributed by atoms with Crippen molar-refractivity contribution < 1.29 is 19.1 Å². The number of carbonyl (C=O) groups is 2. The van der Waals surface area contributed by atoms with Gasteiger partial charge in [0.15, 0.2) is 0 Å². The normalized spacial score (nSPS) is 11.1. The monoisotopic (exact) mass is 246 g/mol. The second-order valence-corrected chi connectivity index (χ2v) is 4.62. The van der Waals surface area contributed by atoms with Crippen LogP contribution >= 0.6 is 0 Å². The zero-order valence-electron chi connectivity index (χ0n) is 11.0. The summed E-state index contributed by atoms with van der Waals surface area (Å²) in [6.45, 7) is 6.33. The van der Waals surface area contributed by atoms with Crippen molar-refractivity contribution in [2.45, 2.75) is 26.3 Å². The Kier molecular flexibility index (Phi) is 7.49. The van der Waals surface area contributed by atoms with Crippen molar-refractivity contribution in [1.82, 2.24) is 10.6 Å². The van der Waals surface area contributed by atoms with Crippen molar-refractivity contribution in [2.24, 2.45) is 0 Å². The molecule has 0 atom stereocenters. The van der Waals surface area contributed by atoms with Gasteiger partial charge in [0.1, 0.15) is 6.61 Å². The second kappa shape index (κ2) is 8.03. The molecule has 0 aliphatic rings. The van der Waals surface area contributed by atoms with E-state index in [1.165, 1.54) is 0 Å². The van der Waals surface area contributed by atoms with E-state index < -0.39 is 0 Å². The molecular formula is C11H22N2O4. The van der Waals surface area contributed by atoms with Crippen LogP contribution in [0.1, 0.15) is 20.8 Å². The van der Waals surface area contributed by atoms with Crippen LogP contribution in [-0.2, 0) is 19.1 Å². The maximum absolute atomic E-state index is 11.4. The van der Waals surface area contributed by atoms with Crippen LogP contribution in [0.3, 0.4) is 0 Å². The molecule has 2 amide bonds. The molecule has 0 aromatic rings. The highest BCUT2D eigenvalue weighted by molar-refractivity contribution is 5.85. The fourth-order valence-electron chi connectivity index (χ4n) is 0.999. The molecule has 0 bridgehead atoms. The van der Waals surface area contributed by atoms with Gasteiger partial charge in [-0.05, 0) is 20.8 Å². The highest BCUT2D eigenvalue weighted by Gasteiger charge is 2.13. The van der Waals surface area contributed by atoms with Crippen LogP contribution in [0.15, 0.2) is 0 Å². The van der Waals surface area contributed by atoms with Crippen molar-refractivity contribution >= 4 is 11.8 Å². The first-order valence-electron chi connectivity index (χ1n) is 5.49. The van der Waals surface area contributed by atoms with E-state index in [9.17, 15) is 9.59 Å². The third-order valence-electron chi connectivity index (χ3n) is 1.63. The minimum Gasteiger partial charge on any atom is -0.382 e. The summed E-state index contributed by atoms with van der Waals surface area (Å²) in [5.74, 6) is -0.534. The first kappa shape index (κ1) is 15.9. The average molecular weight is 246 g/mol. The van der Waals surface area contributed by atoms with Gasteiger partial charge in [0.05, 0.1) is 19.8 Å². The number of carbonyl (C=O) groups excluding carboxylic acids is 2. The number of rotatable bonds is 7. The number of amides is 2. The molecule has 0 saturated carbocycles. The lowest BCUT2D eigenvalue weighted by Gasteiger charge is -2.20. The van der Waals surface area contributed by atoms with Gasteiger partial charge in [-0.15, -0.1) is 0 Å². The number of hydrogen-bond acceptors (Lipinski definition) is 4. The zero-order chi connectivity index (χ0) is 13.3. The maximum atomic E-state index is 11.4. The number of hydrogen-bond donors (Lipinski definition) is 2. The summed E-state index contributed by atoms with van der Waals surface area (Å²) in [5.41, 5.74) is -0.295. The van der Waals surface area contributed by atoms with E-state index in [4.69, 9.17) is 9.47 Å². The van der Waals surface area contributed by atoms with Crippen LogP contribution < -0.4 is 10.6 Å². The Morgan fingerprint density at radius 2 is 1.76 bits per heavy atom. The van der Waals surface area contributed by atoms with E-state index in [0.29, 0.717) is 13.2 Å². The molecule has 17 heavy (non-hydrogen) atoms. The van der Waals surface area contributed by atoms with Crippen LogP contribution in [0.4, 0.5) is 0 Å². The number of nitrogens with one attached hydrogen (secondary N) is 2. The Morgan fingerprint density at radius 1 is 1.12 bits per heavy atom. The lowest BCUT2D eigenvalue weighted by atomic mass is 10.1. The molecule has 0 aromatic carbocycles. The lowest BCUT2D eigenvalue weighted by molar-refractivity contribution is -0.129. The fraction of sp³-hybridized carbons (Fsp3) is 0.818. The summed E-state index contributed by atoms with van der Waals surface area (Å²) >= 11 is 0. The van der Waals surface area contributed by atoms with Crippen molar-refractivity contribution in [1.29, 1.82) is 0 Å². The molecule has 0 rings (SSSR count). The summed E-state index contributed by atoms with van der Waals surface area (Å²) in [6, 6.07) is 0. The van der Waals surface area contributed by atoms with Crippen LogP contribution in [0.5, 0.6) is 0 Å². The van der Waals surface area contributed by atoms with Crippen LogP contribution in [-0.4, -0.2) is 50.8 Å². The highest BCUT2D eigenvalue weighted by Crippen LogP contribution is 1.96. The largest absolute Gasteiger partial charge is 0.382 e. The lowest BCUT2D eigenvalue weighted by Crippen LogP contribution is -2.46. The molecule has 0 aromatic heterocycles. The Labute approximate surface area is 102 Å². The molecule has 6 nitrogen and oxygen atoms in total. The molecule has 0 radical (unpaired) electrons. The van der Waals surface area contributed by atoms with Gasteiger partial charge in [-0.25, -0.2) is 0 Å². The SMILES string of the molecule is COCCOCC(=O)NCC(=O)NC(C)(C)C. The summed E-state index contributed by atoms with van der Waals surface area (Å²) in [7, 11) is 1.56. The zero-order valence-corrected chi connectivity index (χ0v) is 11.0. The molecule has 0 heterocycles. The first-order valence-corrected chi connectivity index (χ1v) is 5.49. The highest BCUT2D eigenvalue weighted by atomic mass is 16.5. The maximum Gasteiger partial charge on any atom is 0.246 e. The van der Waals surface area contributed by atoms with Crippen LogP contribution in [0, 0.1) is 0 Å². The molecule has 0 fully saturated rings. The predicted molar refractivity (Wildman–Crippen MR) is 63.6 cm³/mol. The van der Waals surface area contributed by atoms with Gasteiger partial charge in [0.2, 0.25) is 11.8 Å². The minimum atomic E-state index is -0.315. The topological polar surface area (TPSA) is 76.7 Å². The Balaban J connectivity index is 3.59. The van der Waals surface area contributed by atoms with E-state index in [1.807, 2.05) is 20.8 Å². The van der Waals surface area contributed by atoms with E-state index in [2.05, 4.69) is 10.6 Å². The molecule has 0 spiro atoms. The quantitative estimate of drug-likeness (QED) is 0.604. The smallest absolute Gasteiger partial charge is 0.246 e. The standard InChI is InChI=1S/C11H22N2O4/c1-11(2,3)13-9(14)7-12-10(15)8-17-6-5-16-4/h5-8H2,1-4H3,(H,12,15)(H,13,14). The molecule has 0 aliphatic carbocycles. The Morgan fingerprint density at radius 3 is 2.29 bits per heavy atom. The van der Waals surface area contributed by atoms with Crippen molar-refractivity contribution in [3.05, 3.63) is 0 Å². The average Bonchev–Trinajstić information content (AvgIpc) is 2.19. The predicted octanol–water partition coefficient (Wildman–Crippen LogP) is -0.320. The van der Waals surface area contributed by atoms with Crippen molar-refractivity contribution in [3.8, 4) is 0 Å². The van der Waals surface area contributed by atoms with E-state index >= 15 is 0 Å². The third kappa shape index (κ3) is 11.1. The van der Waals surface area contributed by atoms with Gasteiger partial charge in [0, 0.05) is 12.6 Å². The number of methoxy groups -OCH3 is 1. The summed E-state index contributed by atoms with van der Waals surface area (Å²) < 4.78 is 9.76. The summed E-state index contributed by atoms with van der Waals surface area (Å²) in [5, 5.41) is 5.20. The molecule has 0 saturated heterocycles. The van der Waals surface area contributed by atoms with Gasteiger partial charge in [-0.2, -0.15) is 0 Å². The van der Waals surface area contributed by atoms with Crippen molar-refractivity contribution in [3.63, 3.8) is 0 Å². The third-order valence-corrected chi connectivity index (χ3v) is 1.63. The number of ether oxygens (including phenoxy) is 2. The molecular weight excluding hydrogens is 224 g/mol. The van der Waals surface area contributed by atoms with E-state index in [1.54, 1.807) is 7.11 Å². The summed E-state index contributed by atoms with van der Waals surface area (Å²) in [6.07, 6.45) is 0. The Bertz CT molecular complexity index is 248. The van der Waals surface area contributed by atoms with Gasteiger partial charge in [-0.3, -0.25) is 9.59 Å². The molecule has 100 valence electrons. The van der Waals surface area contributed by atoms with E-state index in [-0.39, 0.29) is 30.5 Å². The van der Waals surface area contributed by atoms with Crippen molar-refractivity contribution in [2.75, 3.05) is 33.5 Å². The molecule has 0 aliphatic heterocycles. The second-order valence-electron chi connectivity index (χ2n) is 4.62. The minimum absolute atomic E-state index is 0.0380. The summed E-state index contributed by atoms with van der Waals surface area (Å²) in [4.78, 5) is 22.6. The van der Waals surface area contributed by atoms with Gasteiger partial charge >= 0.3 is 0 Å². The molecule has 2 N–H and O–H groups in total. The van der Waals surface area contributed by atoms with Gasteiger partial charge < -0.3 is 20.1 Å². The van der Waals surface area contributed by atoms with Crippen LogP contribution in [0.25, 0.3) is 0 Å². The first-order chi connectivity index (χ1) is 7.85. The molecule has 0 unspecified atom stereocenters. The van der Waals surface area contributed by atoms with Crippen LogP contribution in [0.2, 0.25) is 0 Å². The van der Waals surface area contributed by atoms with Gasteiger partial charge in [-0.1, -0.05) is 0 Å². The Hall–Kier alpha value is -1.14. The van der Waals surface area contributed by atoms with E-state index in [0.717, 1.165) is 0 Å².